The van der Waals surface area contributed by atoms with Gasteiger partial charge in [-0.25, -0.2) is 4.98 Å². The minimum atomic E-state index is -0.226. The van der Waals surface area contributed by atoms with Crippen molar-refractivity contribution >= 4 is 33.4 Å². The number of fused-ring (bicyclic) bond motifs is 2. The third-order valence-electron chi connectivity index (χ3n) is 8.35. The van der Waals surface area contributed by atoms with Gasteiger partial charge in [0.2, 0.25) is 5.91 Å². The minimum absolute atomic E-state index is 0.00339. The van der Waals surface area contributed by atoms with Gasteiger partial charge in [-0.15, -0.1) is 0 Å². The fraction of sp³-hybridized carbons (Fsp3) is 0.483. The Morgan fingerprint density at radius 2 is 2.05 bits per heavy atom. The maximum absolute atomic E-state index is 14.0. The van der Waals surface area contributed by atoms with Gasteiger partial charge in [0, 0.05) is 66.9 Å². The fourth-order valence-corrected chi connectivity index (χ4v) is 7.04. The lowest BCUT2D eigenvalue weighted by molar-refractivity contribution is -0.138. The van der Waals surface area contributed by atoms with Gasteiger partial charge in [0.15, 0.2) is 0 Å². The summed E-state index contributed by atoms with van der Waals surface area (Å²) in [6.45, 7) is 4.02. The summed E-state index contributed by atoms with van der Waals surface area (Å²) < 4.78 is 3.11. The van der Waals surface area contributed by atoms with Crippen LogP contribution in [0.5, 0.6) is 0 Å². The van der Waals surface area contributed by atoms with Gasteiger partial charge in [-0.1, -0.05) is 17.7 Å². The highest BCUT2D eigenvalue weighted by Gasteiger charge is 2.38. The molecule has 2 aliphatic heterocycles. The van der Waals surface area contributed by atoms with Crippen molar-refractivity contribution in [2.45, 2.75) is 63.2 Å². The number of aromatic nitrogens is 3. The van der Waals surface area contributed by atoms with Gasteiger partial charge in [-0.3, -0.25) is 14.7 Å². The van der Waals surface area contributed by atoms with Crippen LogP contribution in [0.3, 0.4) is 0 Å². The molecule has 38 heavy (non-hydrogen) atoms. The molecule has 3 unspecified atom stereocenters. The molecule has 7 nitrogen and oxygen atoms in total. The number of nitrogens with zero attached hydrogens (tertiary/aromatic N) is 5. The first-order valence-corrected chi connectivity index (χ1v) is 14.9. The first-order valence-electron chi connectivity index (χ1n) is 13.7. The van der Waals surface area contributed by atoms with Crippen LogP contribution in [0.15, 0.2) is 53.7 Å². The summed E-state index contributed by atoms with van der Waals surface area (Å²) in [7, 11) is 0. The van der Waals surface area contributed by atoms with Crippen molar-refractivity contribution in [1.82, 2.24) is 29.7 Å². The lowest BCUT2D eigenvalue weighted by Crippen LogP contribution is -2.60. The number of halogens is 2. The number of nitrogens with one attached hydrogen (secondary N) is 1. The maximum Gasteiger partial charge on any atom is 0.241 e. The Balaban J connectivity index is 1.25. The Labute approximate surface area is 237 Å². The molecule has 1 amide bonds. The van der Waals surface area contributed by atoms with E-state index >= 15 is 0 Å². The fourth-order valence-electron chi connectivity index (χ4n) is 6.46. The number of hydrogen-bond donors (Lipinski definition) is 1. The molecule has 0 saturated carbocycles. The number of aryl methyl sites for hydroxylation is 3. The van der Waals surface area contributed by atoms with E-state index in [2.05, 4.69) is 58.8 Å². The number of rotatable bonds is 5. The lowest BCUT2D eigenvalue weighted by Gasteiger charge is -2.43. The summed E-state index contributed by atoms with van der Waals surface area (Å²) in [5, 5.41) is 4.33. The number of carbonyl (C=O) groups is 1. The van der Waals surface area contributed by atoms with E-state index in [0.29, 0.717) is 6.54 Å². The number of amides is 1. The van der Waals surface area contributed by atoms with Crippen LogP contribution in [0.25, 0.3) is 0 Å². The zero-order chi connectivity index (χ0) is 26.1. The van der Waals surface area contributed by atoms with Gasteiger partial charge in [0.1, 0.15) is 0 Å². The standard InChI is InChI=1S/C29H34BrClN6O/c30-22-15-21-5-4-20-16-23(31)6-7-25(20)28(27(21)34-17-22)36-14-10-33-26(18-36)29(38)37-11-2-1-3-24(37)8-12-35-13-9-32-19-35/h6-7,9,13,15-17,19,24,26,28,33H,1-5,8,10-12,14,18H2. The van der Waals surface area contributed by atoms with Crippen LogP contribution in [0.4, 0.5) is 0 Å². The van der Waals surface area contributed by atoms with Crippen LogP contribution in [0, 0.1) is 0 Å². The van der Waals surface area contributed by atoms with Crippen LogP contribution in [-0.4, -0.2) is 68.5 Å². The molecular weight excluding hydrogens is 564 g/mol. The molecule has 3 aromatic rings. The quantitative estimate of drug-likeness (QED) is 0.465. The van der Waals surface area contributed by atoms with E-state index in [-0.39, 0.29) is 24.0 Å². The first kappa shape index (κ1) is 26.0. The molecule has 9 heteroatoms. The van der Waals surface area contributed by atoms with Crippen molar-refractivity contribution in [2.24, 2.45) is 0 Å². The SMILES string of the molecule is O=C(C1CN(C2c3ccc(Cl)cc3CCc3cc(Br)cnc32)CCN1)N1CCCCC1CCn1ccnc1. The third-order valence-corrected chi connectivity index (χ3v) is 9.02. The Morgan fingerprint density at radius 3 is 2.92 bits per heavy atom. The van der Waals surface area contributed by atoms with Gasteiger partial charge in [-0.05, 0) is 89.3 Å². The summed E-state index contributed by atoms with van der Waals surface area (Å²) in [6.07, 6.45) is 13.7. The molecule has 0 radical (unpaired) electrons. The summed E-state index contributed by atoms with van der Waals surface area (Å²) in [4.78, 5) is 27.7. The summed E-state index contributed by atoms with van der Waals surface area (Å²) in [6, 6.07) is 8.51. The maximum atomic E-state index is 14.0. The van der Waals surface area contributed by atoms with E-state index in [1.165, 1.54) is 23.1 Å². The Kier molecular flexibility index (Phi) is 7.84. The minimum Gasteiger partial charge on any atom is -0.338 e. The molecular formula is C29H34BrClN6O. The number of likely N-dealkylation sites (tertiary alicyclic amines) is 1. The van der Waals surface area contributed by atoms with Crippen molar-refractivity contribution in [2.75, 3.05) is 26.2 Å². The van der Waals surface area contributed by atoms with Crippen molar-refractivity contribution in [3.63, 3.8) is 0 Å². The topological polar surface area (TPSA) is 66.3 Å². The normalized spacial score (nSPS) is 23.9. The van der Waals surface area contributed by atoms with Crippen molar-refractivity contribution < 1.29 is 4.79 Å². The van der Waals surface area contributed by atoms with E-state index < -0.39 is 0 Å². The average molecular weight is 598 g/mol. The highest BCUT2D eigenvalue weighted by atomic mass is 79.9. The van der Waals surface area contributed by atoms with Crippen LogP contribution in [0.1, 0.15) is 54.1 Å². The monoisotopic (exact) mass is 596 g/mol. The van der Waals surface area contributed by atoms with Crippen LogP contribution < -0.4 is 5.32 Å². The van der Waals surface area contributed by atoms with E-state index in [1.54, 1.807) is 0 Å². The van der Waals surface area contributed by atoms with Crippen molar-refractivity contribution in [1.29, 1.82) is 0 Å². The van der Waals surface area contributed by atoms with Gasteiger partial charge in [0.25, 0.3) is 0 Å². The molecule has 2 saturated heterocycles. The molecule has 1 N–H and O–H groups in total. The number of imidazole rings is 1. The summed E-state index contributed by atoms with van der Waals surface area (Å²) >= 11 is 10.0. The number of piperidine rings is 1. The number of piperazine rings is 1. The average Bonchev–Trinajstić information content (AvgIpc) is 3.41. The van der Waals surface area contributed by atoms with Crippen LogP contribution >= 0.6 is 27.5 Å². The van der Waals surface area contributed by atoms with E-state index in [9.17, 15) is 4.79 Å². The van der Waals surface area contributed by atoms with Crippen LogP contribution in [-0.2, 0) is 24.2 Å². The molecule has 0 bridgehead atoms. The molecule has 3 atom stereocenters. The largest absolute Gasteiger partial charge is 0.338 e. The second-order valence-corrected chi connectivity index (χ2v) is 12.1. The van der Waals surface area contributed by atoms with Gasteiger partial charge >= 0.3 is 0 Å². The highest BCUT2D eigenvalue weighted by molar-refractivity contribution is 9.10. The zero-order valence-electron chi connectivity index (χ0n) is 21.5. The molecule has 2 aromatic heterocycles. The first-order chi connectivity index (χ1) is 18.6. The predicted molar refractivity (Wildman–Crippen MR) is 152 cm³/mol. The Morgan fingerprint density at radius 1 is 1.16 bits per heavy atom. The van der Waals surface area contributed by atoms with Gasteiger partial charge < -0.3 is 14.8 Å². The molecule has 1 aromatic carbocycles. The number of benzene rings is 1. The zero-order valence-corrected chi connectivity index (χ0v) is 23.9. The van der Waals surface area contributed by atoms with E-state index in [0.717, 1.165) is 73.5 Å². The number of carbonyl (C=O) groups excluding carboxylic acids is 1. The van der Waals surface area contributed by atoms with Gasteiger partial charge in [-0.2, -0.15) is 0 Å². The number of pyridine rings is 1. The van der Waals surface area contributed by atoms with Gasteiger partial charge in [0.05, 0.1) is 24.1 Å². The molecule has 0 spiro atoms. The Hall–Kier alpha value is -2.26. The van der Waals surface area contributed by atoms with E-state index in [4.69, 9.17) is 16.6 Å². The van der Waals surface area contributed by atoms with Crippen molar-refractivity contribution in [3.05, 3.63) is 81.1 Å². The number of hydrogen-bond acceptors (Lipinski definition) is 5. The molecule has 4 heterocycles. The molecule has 1 aliphatic carbocycles. The predicted octanol–water partition coefficient (Wildman–Crippen LogP) is 4.63. The molecule has 6 rings (SSSR count). The van der Waals surface area contributed by atoms with Crippen LogP contribution in [0.2, 0.25) is 5.02 Å². The smallest absolute Gasteiger partial charge is 0.241 e. The van der Waals surface area contributed by atoms with E-state index in [1.807, 2.05) is 31.0 Å². The van der Waals surface area contributed by atoms with Crippen molar-refractivity contribution in [3.8, 4) is 0 Å². The lowest BCUT2D eigenvalue weighted by atomic mass is 9.94. The summed E-state index contributed by atoms with van der Waals surface area (Å²) in [5.41, 5.74) is 4.88. The third kappa shape index (κ3) is 5.41. The molecule has 3 aliphatic rings. The Bertz CT molecular complexity index is 1230. The molecule has 2 fully saturated rings. The second-order valence-electron chi connectivity index (χ2n) is 10.7. The molecule has 200 valence electrons. The highest BCUT2D eigenvalue weighted by Crippen LogP contribution is 2.38. The second kappa shape index (κ2) is 11.5. The summed E-state index contributed by atoms with van der Waals surface area (Å²) in [5.74, 6) is 0.235.